The number of rotatable bonds is 2. The van der Waals surface area contributed by atoms with Gasteiger partial charge in [-0.05, 0) is 6.07 Å². The topological polar surface area (TPSA) is 74.7 Å². The van der Waals surface area contributed by atoms with Gasteiger partial charge in [0.05, 0.1) is 6.07 Å². The van der Waals surface area contributed by atoms with Crippen LogP contribution in [0.25, 0.3) is 0 Å². The predicted molar refractivity (Wildman–Crippen MR) is 39.9 cm³/mol. The first kappa shape index (κ1) is 7.66. The molecule has 0 aliphatic heterocycles. The Morgan fingerprint density at radius 2 is 2.55 bits per heavy atom. The zero-order valence-corrected chi connectivity index (χ0v) is 5.86. The third-order valence-corrected chi connectivity index (χ3v) is 1.31. The lowest BCUT2D eigenvalue weighted by molar-refractivity contribution is 0.664. The molecule has 1 aromatic rings. The maximum atomic E-state index is 8.56. The van der Waals surface area contributed by atoms with Gasteiger partial charge < -0.3 is 0 Å². The summed E-state index contributed by atoms with van der Waals surface area (Å²) in [7, 11) is 0. The molecule has 0 fully saturated rings. The van der Waals surface area contributed by atoms with E-state index in [0.29, 0.717) is 0 Å². The molecule has 1 atom stereocenters. The number of aromatic nitrogens is 1. The van der Waals surface area contributed by atoms with Crippen LogP contribution in [0.15, 0.2) is 24.5 Å². The van der Waals surface area contributed by atoms with Crippen LogP contribution in [0.3, 0.4) is 0 Å². The quantitative estimate of drug-likeness (QED) is 0.461. The van der Waals surface area contributed by atoms with Crippen LogP contribution < -0.4 is 11.3 Å². The summed E-state index contributed by atoms with van der Waals surface area (Å²) >= 11 is 0. The van der Waals surface area contributed by atoms with E-state index >= 15 is 0 Å². The Hall–Kier alpha value is -1.44. The highest BCUT2D eigenvalue weighted by molar-refractivity contribution is 5.19. The standard InChI is InChI=1S/C7H8N4/c8-4-7(11-9)6-2-1-3-10-5-6/h1-3,5,7,11H,9H2. The van der Waals surface area contributed by atoms with Crippen LogP contribution in [0, 0.1) is 11.3 Å². The lowest BCUT2D eigenvalue weighted by Gasteiger charge is -2.04. The average molecular weight is 148 g/mol. The molecule has 3 N–H and O–H groups in total. The molecule has 56 valence electrons. The Morgan fingerprint density at radius 1 is 1.73 bits per heavy atom. The van der Waals surface area contributed by atoms with Gasteiger partial charge >= 0.3 is 0 Å². The van der Waals surface area contributed by atoms with Gasteiger partial charge in [-0.25, -0.2) is 5.43 Å². The van der Waals surface area contributed by atoms with Gasteiger partial charge in [-0.3, -0.25) is 10.8 Å². The second-order valence-electron chi connectivity index (χ2n) is 2.02. The lowest BCUT2D eigenvalue weighted by Crippen LogP contribution is -2.26. The molecule has 0 spiro atoms. The van der Waals surface area contributed by atoms with Crippen LogP contribution >= 0.6 is 0 Å². The Morgan fingerprint density at radius 3 is 3.00 bits per heavy atom. The van der Waals surface area contributed by atoms with Gasteiger partial charge in [0.15, 0.2) is 0 Å². The van der Waals surface area contributed by atoms with E-state index in [9.17, 15) is 0 Å². The minimum Gasteiger partial charge on any atom is -0.270 e. The number of nitrogens with two attached hydrogens (primary N) is 1. The summed E-state index contributed by atoms with van der Waals surface area (Å²) in [5.41, 5.74) is 3.14. The van der Waals surface area contributed by atoms with Crippen molar-refractivity contribution in [2.24, 2.45) is 5.84 Å². The summed E-state index contributed by atoms with van der Waals surface area (Å²) in [6.45, 7) is 0. The number of hydrogen-bond donors (Lipinski definition) is 2. The van der Waals surface area contributed by atoms with Crippen molar-refractivity contribution in [1.29, 1.82) is 5.26 Å². The van der Waals surface area contributed by atoms with Crippen molar-refractivity contribution < 1.29 is 0 Å². The number of pyridine rings is 1. The van der Waals surface area contributed by atoms with Crippen molar-refractivity contribution in [1.82, 2.24) is 10.4 Å². The molecular weight excluding hydrogens is 140 g/mol. The number of hydrazine groups is 1. The van der Waals surface area contributed by atoms with Gasteiger partial charge in [-0.2, -0.15) is 5.26 Å². The summed E-state index contributed by atoms with van der Waals surface area (Å²) in [6, 6.07) is 5.08. The third kappa shape index (κ3) is 1.74. The van der Waals surface area contributed by atoms with Crippen LogP contribution in [-0.2, 0) is 0 Å². The first-order valence-electron chi connectivity index (χ1n) is 3.14. The molecule has 0 amide bonds. The molecule has 1 rings (SSSR count). The van der Waals surface area contributed by atoms with Crippen LogP contribution in [0.2, 0.25) is 0 Å². The highest BCUT2D eigenvalue weighted by Crippen LogP contribution is 2.07. The zero-order chi connectivity index (χ0) is 8.10. The van der Waals surface area contributed by atoms with E-state index in [2.05, 4.69) is 10.4 Å². The first-order valence-corrected chi connectivity index (χ1v) is 3.14. The molecule has 0 radical (unpaired) electrons. The van der Waals surface area contributed by atoms with E-state index in [1.807, 2.05) is 6.07 Å². The van der Waals surface area contributed by atoms with E-state index in [1.54, 1.807) is 24.5 Å². The smallest absolute Gasteiger partial charge is 0.134 e. The molecule has 4 heteroatoms. The molecule has 0 saturated carbocycles. The molecule has 1 heterocycles. The molecule has 11 heavy (non-hydrogen) atoms. The minimum atomic E-state index is -0.469. The fraction of sp³-hybridized carbons (Fsp3) is 0.143. The Bertz CT molecular complexity index is 251. The Balaban J connectivity index is 2.85. The molecule has 0 aliphatic rings. The van der Waals surface area contributed by atoms with Gasteiger partial charge in [0.25, 0.3) is 0 Å². The van der Waals surface area contributed by atoms with E-state index in [1.165, 1.54) is 0 Å². The number of nitriles is 1. The predicted octanol–water partition coefficient (Wildman–Crippen LogP) is 0.110. The van der Waals surface area contributed by atoms with Gasteiger partial charge in [0.1, 0.15) is 6.04 Å². The fourth-order valence-electron chi connectivity index (χ4n) is 0.755. The highest BCUT2D eigenvalue weighted by Gasteiger charge is 2.05. The summed E-state index contributed by atoms with van der Waals surface area (Å²) in [5, 5.41) is 8.56. The van der Waals surface area contributed by atoms with Crippen molar-refractivity contribution in [3.05, 3.63) is 30.1 Å². The van der Waals surface area contributed by atoms with Crippen LogP contribution in [0.5, 0.6) is 0 Å². The molecule has 0 aromatic carbocycles. The summed E-state index contributed by atoms with van der Waals surface area (Å²) in [5.74, 6) is 5.12. The highest BCUT2D eigenvalue weighted by atomic mass is 15.2. The van der Waals surface area contributed by atoms with E-state index in [4.69, 9.17) is 11.1 Å². The van der Waals surface area contributed by atoms with E-state index in [0.717, 1.165) is 5.56 Å². The van der Waals surface area contributed by atoms with Gasteiger partial charge in [-0.15, -0.1) is 0 Å². The van der Waals surface area contributed by atoms with Gasteiger partial charge in [0, 0.05) is 18.0 Å². The van der Waals surface area contributed by atoms with Crippen molar-refractivity contribution in [2.45, 2.75) is 6.04 Å². The molecule has 0 bridgehead atoms. The molecule has 1 unspecified atom stereocenters. The summed E-state index contributed by atoms with van der Waals surface area (Å²) < 4.78 is 0. The Labute approximate surface area is 64.6 Å². The van der Waals surface area contributed by atoms with Crippen molar-refractivity contribution in [2.75, 3.05) is 0 Å². The van der Waals surface area contributed by atoms with Crippen molar-refractivity contribution in [3.8, 4) is 6.07 Å². The summed E-state index contributed by atoms with van der Waals surface area (Å²) in [4.78, 5) is 3.85. The van der Waals surface area contributed by atoms with Crippen LogP contribution in [0.4, 0.5) is 0 Å². The van der Waals surface area contributed by atoms with E-state index < -0.39 is 6.04 Å². The van der Waals surface area contributed by atoms with Crippen LogP contribution in [0.1, 0.15) is 11.6 Å². The second kappa shape index (κ2) is 3.66. The molecule has 0 aliphatic carbocycles. The monoisotopic (exact) mass is 148 g/mol. The third-order valence-electron chi connectivity index (χ3n) is 1.31. The molecular formula is C7H8N4. The normalized spacial score (nSPS) is 12.0. The second-order valence-corrected chi connectivity index (χ2v) is 2.02. The lowest BCUT2D eigenvalue weighted by atomic mass is 10.1. The largest absolute Gasteiger partial charge is 0.270 e. The Kier molecular flexibility index (Phi) is 2.55. The number of nitrogens with zero attached hydrogens (tertiary/aromatic N) is 2. The molecule has 1 aromatic heterocycles. The average Bonchev–Trinajstić information content (AvgIpc) is 2.09. The number of nitrogens with one attached hydrogen (secondary N) is 1. The first-order chi connectivity index (χ1) is 5.38. The fourth-order valence-corrected chi connectivity index (χ4v) is 0.755. The van der Waals surface area contributed by atoms with E-state index in [-0.39, 0.29) is 0 Å². The van der Waals surface area contributed by atoms with Crippen LogP contribution in [-0.4, -0.2) is 4.98 Å². The summed E-state index contributed by atoms with van der Waals surface area (Å²) in [6.07, 6.45) is 3.25. The molecule has 4 nitrogen and oxygen atoms in total. The zero-order valence-electron chi connectivity index (χ0n) is 5.86. The maximum Gasteiger partial charge on any atom is 0.134 e. The van der Waals surface area contributed by atoms with Crippen molar-refractivity contribution >= 4 is 0 Å². The maximum absolute atomic E-state index is 8.56. The van der Waals surface area contributed by atoms with Gasteiger partial charge in [-0.1, -0.05) is 6.07 Å². The number of hydrogen-bond acceptors (Lipinski definition) is 4. The van der Waals surface area contributed by atoms with Gasteiger partial charge in [0.2, 0.25) is 0 Å². The van der Waals surface area contributed by atoms with Crippen molar-refractivity contribution in [3.63, 3.8) is 0 Å². The SMILES string of the molecule is N#CC(NN)c1cccnc1. The minimum absolute atomic E-state index is 0.469. The molecule has 0 saturated heterocycles.